The van der Waals surface area contributed by atoms with Crippen molar-refractivity contribution in [1.82, 2.24) is 4.98 Å². The molecule has 1 aromatic rings. The van der Waals surface area contributed by atoms with Crippen LogP contribution in [0.5, 0.6) is 0 Å². The summed E-state index contributed by atoms with van der Waals surface area (Å²) in [5.74, 6) is 0.883. The lowest BCUT2D eigenvalue weighted by Crippen LogP contribution is -2.30. The summed E-state index contributed by atoms with van der Waals surface area (Å²) in [7, 11) is 0. The first-order valence-corrected chi connectivity index (χ1v) is 8.27. The smallest absolute Gasteiger partial charge is 0.132 e. The van der Waals surface area contributed by atoms with Gasteiger partial charge in [0.1, 0.15) is 5.82 Å². The summed E-state index contributed by atoms with van der Waals surface area (Å²) in [6.07, 6.45) is 2.88. The van der Waals surface area contributed by atoms with Crippen LogP contribution in [0.1, 0.15) is 43.5 Å². The van der Waals surface area contributed by atoms with Crippen molar-refractivity contribution in [3.05, 3.63) is 16.8 Å². The number of ether oxygens (including phenoxy) is 1. The van der Waals surface area contributed by atoms with Crippen LogP contribution in [0.15, 0.2) is 0 Å². The molecule has 0 atom stereocenters. The minimum absolute atomic E-state index is 0.408. The first kappa shape index (κ1) is 17.0. The van der Waals surface area contributed by atoms with Gasteiger partial charge in [0, 0.05) is 61.4 Å². The van der Waals surface area contributed by atoms with Crippen LogP contribution in [-0.2, 0) is 24.2 Å². The molecule has 0 radical (unpaired) electrons. The maximum Gasteiger partial charge on any atom is 0.132 e. The predicted molar refractivity (Wildman–Crippen MR) is 91.0 cm³/mol. The molecule has 1 aromatic heterocycles. The number of hydrogen-bond acceptors (Lipinski definition) is 6. The molecule has 6 nitrogen and oxygen atoms in total. The Hall–Kier alpha value is -1.37. The van der Waals surface area contributed by atoms with E-state index in [4.69, 9.17) is 21.2 Å². The second-order valence-electron chi connectivity index (χ2n) is 5.56. The van der Waals surface area contributed by atoms with E-state index < -0.39 is 0 Å². The van der Waals surface area contributed by atoms with Crippen molar-refractivity contribution in [2.75, 3.05) is 30.4 Å². The summed E-state index contributed by atoms with van der Waals surface area (Å²) in [4.78, 5) is 4.74. The van der Waals surface area contributed by atoms with Crippen LogP contribution < -0.4 is 22.1 Å². The van der Waals surface area contributed by atoms with E-state index in [-0.39, 0.29) is 0 Å². The highest BCUT2D eigenvalue weighted by Gasteiger charge is 2.21. The molecule has 1 saturated heterocycles. The minimum Gasteiger partial charge on any atom is -0.381 e. The summed E-state index contributed by atoms with van der Waals surface area (Å²) in [6.45, 7) is 7.52. The average Bonchev–Trinajstić information content (AvgIpc) is 2.55. The van der Waals surface area contributed by atoms with Crippen LogP contribution in [0.4, 0.5) is 11.5 Å². The Morgan fingerprint density at radius 2 is 1.82 bits per heavy atom. The molecule has 6 N–H and O–H groups in total. The Kier molecular flexibility index (Phi) is 6.42. The van der Waals surface area contributed by atoms with Gasteiger partial charge >= 0.3 is 0 Å². The number of anilines is 2. The normalized spacial score (nSPS) is 15.8. The molecule has 2 rings (SSSR count). The van der Waals surface area contributed by atoms with E-state index in [0.717, 1.165) is 67.3 Å². The van der Waals surface area contributed by atoms with E-state index in [1.165, 1.54) is 0 Å². The second kappa shape index (κ2) is 8.31. The van der Waals surface area contributed by atoms with Crippen LogP contribution >= 0.6 is 0 Å². The highest BCUT2D eigenvalue weighted by atomic mass is 16.5. The highest BCUT2D eigenvalue weighted by Crippen LogP contribution is 2.31. The van der Waals surface area contributed by atoms with Crippen molar-refractivity contribution in [1.29, 1.82) is 0 Å². The van der Waals surface area contributed by atoms with Crippen molar-refractivity contribution >= 4 is 11.5 Å². The topological polar surface area (TPSA) is 98.2 Å². The standard InChI is InChI=1S/C16H29N5O/c1-3-14-12(9-17)15(20-11-5-7-22-8-6-11)13(10-18)16(21-14)19-4-2/h11H,3-10,17-18H2,1-2H3,(H2,19,20,21). The molecular weight excluding hydrogens is 278 g/mol. The van der Waals surface area contributed by atoms with Crippen molar-refractivity contribution in [2.24, 2.45) is 11.5 Å². The van der Waals surface area contributed by atoms with Gasteiger partial charge in [0.15, 0.2) is 0 Å². The molecule has 0 amide bonds. The Bertz CT molecular complexity index is 486. The Balaban J connectivity index is 2.43. The molecule has 0 aliphatic carbocycles. The van der Waals surface area contributed by atoms with Crippen molar-refractivity contribution in [3.8, 4) is 0 Å². The van der Waals surface area contributed by atoms with Gasteiger partial charge in [-0.05, 0) is 26.2 Å². The summed E-state index contributed by atoms with van der Waals surface area (Å²) in [5, 5.41) is 7.01. The van der Waals surface area contributed by atoms with Crippen LogP contribution in [0.3, 0.4) is 0 Å². The number of nitrogens with two attached hydrogens (primary N) is 2. The lowest BCUT2D eigenvalue weighted by atomic mass is 10.0. The van der Waals surface area contributed by atoms with Gasteiger partial charge in [0.2, 0.25) is 0 Å². The summed E-state index contributed by atoms with van der Waals surface area (Å²) < 4.78 is 5.44. The van der Waals surface area contributed by atoms with Gasteiger partial charge < -0.3 is 26.8 Å². The van der Waals surface area contributed by atoms with Crippen LogP contribution in [-0.4, -0.2) is 30.8 Å². The summed E-state index contributed by atoms with van der Waals surface area (Å²) >= 11 is 0. The Morgan fingerprint density at radius 1 is 1.14 bits per heavy atom. The quantitative estimate of drug-likeness (QED) is 0.610. The molecule has 1 aliphatic rings. The maximum absolute atomic E-state index is 6.02. The van der Waals surface area contributed by atoms with E-state index in [1.54, 1.807) is 0 Å². The third kappa shape index (κ3) is 3.69. The van der Waals surface area contributed by atoms with Crippen LogP contribution in [0.25, 0.3) is 0 Å². The molecule has 6 heteroatoms. The lowest BCUT2D eigenvalue weighted by Gasteiger charge is -2.28. The second-order valence-corrected chi connectivity index (χ2v) is 5.56. The van der Waals surface area contributed by atoms with Gasteiger partial charge in [-0.25, -0.2) is 4.98 Å². The number of rotatable bonds is 7. The maximum atomic E-state index is 6.02. The number of aryl methyl sites for hydroxylation is 1. The molecule has 1 fully saturated rings. The molecule has 0 unspecified atom stereocenters. The monoisotopic (exact) mass is 307 g/mol. The van der Waals surface area contributed by atoms with E-state index in [1.807, 2.05) is 0 Å². The Morgan fingerprint density at radius 3 is 2.36 bits per heavy atom. The Labute approximate surface area is 133 Å². The molecule has 2 heterocycles. The number of nitrogens with one attached hydrogen (secondary N) is 2. The molecule has 0 bridgehead atoms. The minimum atomic E-state index is 0.408. The fourth-order valence-corrected chi connectivity index (χ4v) is 2.96. The molecule has 124 valence electrons. The fraction of sp³-hybridized carbons (Fsp3) is 0.688. The number of nitrogens with zero attached hydrogens (tertiary/aromatic N) is 1. The molecule has 1 aliphatic heterocycles. The zero-order valence-electron chi connectivity index (χ0n) is 13.7. The van der Waals surface area contributed by atoms with Gasteiger partial charge in [-0.3, -0.25) is 0 Å². The zero-order valence-corrected chi connectivity index (χ0v) is 13.7. The van der Waals surface area contributed by atoms with E-state index >= 15 is 0 Å². The van der Waals surface area contributed by atoms with Crippen molar-refractivity contribution in [2.45, 2.75) is 52.2 Å². The zero-order chi connectivity index (χ0) is 15.9. The van der Waals surface area contributed by atoms with E-state index in [0.29, 0.717) is 19.1 Å². The number of pyridine rings is 1. The largest absolute Gasteiger partial charge is 0.381 e. The first-order valence-electron chi connectivity index (χ1n) is 8.27. The van der Waals surface area contributed by atoms with Gasteiger partial charge in [0.05, 0.1) is 0 Å². The lowest BCUT2D eigenvalue weighted by molar-refractivity contribution is 0.0904. The number of hydrogen-bond donors (Lipinski definition) is 4. The van der Waals surface area contributed by atoms with E-state index in [2.05, 4.69) is 24.5 Å². The molecule has 0 saturated carbocycles. The average molecular weight is 307 g/mol. The summed E-state index contributed by atoms with van der Waals surface area (Å²) in [5.41, 5.74) is 16.3. The van der Waals surface area contributed by atoms with Gasteiger partial charge in [0.25, 0.3) is 0 Å². The van der Waals surface area contributed by atoms with Crippen molar-refractivity contribution < 1.29 is 4.74 Å². The fourth-order valence-electron chi connectivity index (χ4n) is 2.96. The third-order valence-corrected chi connectivity index (χ3v) is 4.14. The van der Waals surface area contributed by atoms with Crippen molar-refractivity contribution in [3.63, 3.8) is 0 Å². The molecule has 0 aromatic carbocycles. The van der Waals surface area contributed by atoms with Gasteiger partial charge in [-0.15, -0.1) is 0 Å². The number of aromatic nitrogens is 1. The highest BCUT2D eigenvalue weighted by molar-refractivity contribution is 5.68. The molecular formula is C16H29N5O. The summed E-state index contributed by atoms with van der Waals surface area (Å²) in [6, 6.07) is 0.408. The third-order valence-electron chi connectivity index (χ3n) is 4.14. The SMILES string of the molecule is CCNc1nc(CC)c(CN)c(NC2CCOCC2)c1CN. The van der Waals surface area contributed by atoms with E-state index in [9.17, 15) is 0 Å². The molecule has 22 heavy (non-hydrogen) atoms. The first-order chi connectivity index (χ1) is 10.7. The van der Waals surface area contributed by atoms with Crippen LogP contribution in [0.2, 0.25) is 0 Å². The van der Waals surface area contributed by atoms with Gasteiger partial charge in [-0.1, -0.05) is 6.92 Å². The predicted octanol–water partition coefficient (Wildman–Crippen LogP) is 1.58. The van der Waals surface area contributed by atoms with Gasteiger partial charge in [-0.2, -0.15) is 0 Å². The molecule has 0 spiro atoms. The van der Waals surface area contributed by atoms with Crippen LogP contribution in [0, 0.1) is 0 Å².